The van der Waals surface area contributed by atoms with Crippen LogP contribution in [0.3, 0.4) is 0 Å². The maximum atomic E-state index is 6.70. The van der Waals surface area contributed by atoms with Crippen molar-refractivity contribution < 1.29 is 14.2 Å². The largest absolute Gasteiger partial charge is 0.459 e. The first kappa shape index (κ1) is 29.6. The van der Waals surface area contributed by atoms with Crippen LogP contribution in [-0.2, 0) is 17.6 Å². The van der Waals surface area contributed by atoms with Crippen LogP contribution in [0.4, 0.5) is 0 Å². The van der Waals surface area contributed by atoms with Crippen molar-refractivity contribution in [2.75, 3.05) is 11.8 Å². The van der Waals surface area contributed by atoms with Crippen LogP contribution in [0, 0.1) is 10.8 Å². The minimum Gasteiger partial charge on any atom is -0.459 e. The van der Waals surface area contributed by atoms with Crippen LogP contribution in [0.2, 0.25) is 0 Å². The van der Waals surface area contributed by atoms with Gasteiger partial charge >= 0.3 is 0 Å². The molecule has 2 aliphatic rings. The molecule has 0 aliphatic carbocycles. The summed E-state index contributed by atoms with van der Waals surface area (Å²) in [5.74, 6) is 3.85. The van der Waals surface area contributed by atoms with E-state index in [2.05, 4.69) is 79.7 Å². The molecule has 0 spiro atoms. The van der Waals surface area contributed by atoms with E-state index < -0.39 is 12.6 Å². The molecule has 5 heteroatoms. The van der Waals surface area contributed by atoms with Crippen molar-refractivity contribution in [1.82, 2.24) is 0 Å². The third-order valence-electron chi connectivity index (χ3n) is 7.99. The van der Waals surface area contributed by atoms with Crippen molar-refractivity contribution in [2.24, 2.45) is 10.8 Å². The molecule has 4 rings (SSSR count). The lowest BCUT2D eigenvalue weighted by atomic mass is 9.80. The predicted molar refractivity (Wildman–Crippen MR) is 159 cm³/mol. The van der Waals surface area contributed by atoms with Crippen LogP contribution >= 0.6 is 23.2 Å². The molecule has 2 atom stereocenters. The molecule has 2 bridgehead atoms. The molecule has 0 aromatic heterocycles. The summed E-state index contributed by atoms with van der Waals surface area (Å²) in [6.07, 6.45) is 4.05. The van der Waals surface area contributed by atoms with Gasteiger partial charge in [-0.1, -0.05) is 67.5 Å². The second kappa shape index (κ2) is 11.6. The van der Waals surface area contributed by atoms with E-state index in [4.69, 9.17) is 37.4 Å². The van der Waals surface area contributed by atoms with Gasteiger partial charge in [-0.15, -0.1) is 23.2 Å². The molecule has 2 unspecified atom stereocenters. The first-order valence-corrected chi connectivity index (χ1v) is 15.3. The number of benzene rings is 2. The normalized spacial score (nSPS) is 18.7. The van der Waals surface area contributed by atoms with E-state index in [1.165, 1.54) is 22.3 Å². The lowest BCUT2D eigenvalue weighted by Crippen LogP contribution is -2.32. The smallest absolute Gasteiger partial charge is 0.233 e. The highest BCUT2D eigenvalue weighted by Gasteiger charge is 2.41. The highest BCUT2D eigenvalue weighted by atomic mass is 35.5. The summed E-state index contributed by atoms with van der Waals surface area (Å²) < 4.78 is 19.8. The zero-order chi connectivity index (χ0) is 27.8. The van der Waals surface area contributed by atoms with Crippen LogP contribution in [0.1, 0.15) is 132 Å². The van der Waals surface area contributed by atoms with Gasteiger partial charge < -0.3 is 9.47 Å². The summed E-state index contributed by atoms with van der Waals surface area (Å²) in [6, 6.07) is 9.12. The van der Waals surface area contributed by atoms with Gasteiger partial charge in [0.2, 0.25) is 12.6 Å². The lowest BCUT2D eigenvalue weighted by molar-refractivity contribution is -0.228. The maximum absolute atomic E-state index is 6.70. The molecule has 0 saturated carbocycles. The van der Waals surface area contributed by atoms with E-state index in [-0.39, 0.29) is 10.8 Å². The van der Waals surface area contributed by atoms with Crippen molar-refractivity contribution in [3.8, 4) is 11.5 Å². The zero-order valence-corrected chi connectivity index (χ0v) is 26.1. The number of rotatable bonds is 11. The summed E-state index contributed by atoms with van der Waals surface area (Å²) in [4.78, 5) is 0. The van der Waals surface area contributed by atoms with Crippen molar-refractivity contribution in [3.05, 3.63) is 57.6 Å². The number of hydrogen-bond donors (Lipinski definition) is 0. The molecule has 0 radical (unpaired) electrons. The molecular weight excluding hydrogens is 515 g/mol. The van der Waals surface area contributed by atoms with Crippen molar-refractivity contribution in [2.45, 2.75) is 112 Å². The number of fused-ring (bicyclic) bond motifs is 6. The molecule has 0 N–H and O–H groups in total. The highest BCUT2D eigenvalue weighted by Crippen LogP contribution is 2.52. The second-order valence-corrected chi connectivity index (χ2v) is 14.2. The van der Waals surface area contributed by atoms with Crippen molar-refractivity contribution in [3.63, 3.8) is 0 Å². The second-order valence-electron chi connectivity index (χ2n) is 13.5. The molecule has 0 fully saturated rings. The molecule has 2 aliphatic heterocycles. The van der Waals surface area contributed by atoms with Gasteiger partial charge in [-0.2, -0.15) is 0 Å². The number of alkyl halides is 2. The average molecular weight is 562 g/mol. The Balaban J connectivity index is 1.74. The first-order valence-electron chi connectivity index (χ1n) is 14.3. The third kappa shape index (κ3) is 6.48. The Bertz CT molecular complexity index is 1140. The minimum atomic E-state index is -0.478. The maximum Gasteiger partial charge on any atom is 0.233 e. The molecule has 0 saturated heterocycles. The monoisotopic (exact) mass is 560 g/mol. The average Bonchev–Trinajstić information content (AvgIpc) is 2.82. The minimum absolute atomic E-state index is 0.113. The Kier molecular flexibility index (Phi) is 9.02. The fourth-order valence-electron chi connectivity index (χ4n) is 5.90. The van der Waals surface area contributed by atoms with Gasteiger partial charge in [0.15, 0.2) is 0 Å². The van der Waals surface area contributed by atoms with Gasteiger partial charge in [0.1, 0.15) is 11.5 Å². The molecular formula is C33H46Cl2O3. The van der Waals surface area contributed by atoms with Gasteiger partial charge in [0.25, 0.3) is 0 Å². The van der Waals surface area contributed by atoms with E-state index in [1.807, 2.05) is 0 Å². The van der Waals surface area contributed by atoms with E-state index in [1.54, 1.807) is 0 Å². The summed E-state index contributed by atoms with van der Waals surface area (Å²) in [5.41, 5.74) is 7.29. The molecule has 2 heterocycles. The molecule has 0 amide bonds. The van der Waals surface area contributed by atoms with Crippen LogP contribution in [-0.4, -0.2) is 11.8 Å². The summed E-state index contributed by atoms with van der Waals surface area (Å²) in [7, 11) is 0. The van der Waals surface area contributed by atoms with Crippen LogP contribution in [0.15, 0.2) is 24.3 Å². The van der Waals surface area contributed by atoms with Gasteiger partial charge in [-0.05, 0) is 89.2 Å². The SMILES string of the molecule is CC(C)c1cc(CC(C)(C)CCCl)cc2c1OC1OC2Oc2c(C(C)C)cc(CC(C)(C)CCCCl)cc21. The Morgan fingerprint density at radius 3 is 1.53 bits per heavy atom. The highest BCUT2D eigenvalue weighted by molar-refractivity contribution is 6.18. The Morgan fingerprint density at radius 2 is 1.13 bits per heavy atom. The van der Waals surface area contributed by atoms with E-state index in [9.17, 15) is 0 Å². The number of hydrogen-bond acceptors (Lipinski definition) is 3. The summed E-state index contributed by atoms with van der Waals surface area (Å²) >= 11 is 12.1. The molecule has 210 valence electrons. The Hall–Kier alpha value is -1.42. The molecule has 2 aromatic carbocycles. The topological polar surface area (TPSA) is 27.7 Å². The van der Waals surface area contributed by atoms with Crippen molar-refractivity contribution in [1.29, 1.82) is 0 Å². The van der Waals surface area contributed by atoms with Crippen LogP contribution in [0.5, 0.6) is 11.5 Å². The standard InChI is InChI=1S/C33H46Cl2O3/c1-20(2)24-14-22(18-32(5,6)10-9-12-34)16-26-28(24)36-31-27-17-23(19-33(7,8)11-13-35)15-25(21(3)4)29(27)37-30(26)38-31/h14-17,20-21,30-31H,9-13,18-19H2,1-8H3. The molecule has 3 nitrogen and oxygen atoms in total. The predicted octanol–water partition coefficient (Wildman–Crippen LogP) is 10.2. The molecule has 38 heavy (non-hydrogen) atoms. The third-order valence-corrected chi connectivity index (χ3v) is 8.44. The summed E-state index contributed by atoms with van der Waals surface area (Å²) in [5, 5.41) is 0. The van der Waals surface area contributed by atoms with Gasteiger partial charge in [0.05, 0.1) is 11.1 Å². The number of halogens is 2. The lowest BCUT2D eigenvalue weighted by Gasteiger charge is -2.41. The van der Waals surface area contributed by atoms with Gasteiger partial charge in [0, 0.05) is 11.8 Å². The van der Waals surface area contributed by atoms with E-state index in [0.717, 1.165) is 54.7 Å². The fourth-order valence-corrected chi connectivity index (χ4v) is 6.55. The van der Waals surface area contributed by atoms with Gasteiger partial charge in [-0.3, -0.25) is 4.74 Å². The van der Waals surface area contributed by atoms with Crippen molar-refractivity contribution >= 4 is 23.2 Å². The van der Waals surface area contributed by atoms with Crippen LogP contribution in [0.25, 0.3) is 0 Å². The van der Waals surface area contributed by atoms with Gasteiger partial charge in [-0.25, -0.2) is 0 Å². The fraction of sp³-hybridized carbons (Fsp3) is 0.636. The van der Waals surface area contributed by atoms with E-state index in [0.29, 0.717) is 23.6 Å². The zero-order valence-electron chi connectivity index (χ0n) is 24.5. The van der Waals surface area contributed by atoms with E-state index >= 15 is 0 Å². The Morgan fingerprint density at radius 1 is 0.684 bits per heavy atom. The quantitative estimate of drug-likeness (QED) is 0.256. The number of ether oxygens (including phenoxy) is 3. The molecule has 2 aromatic rings. The first-order chi connectivity index (χ1) is 17.8. The summed E-state index contributed by atoms with van der Waals surface area (Å²) in [6.45, 7) is 18.1. The van der Waals surface area contributed by atoms with Crippen LogP contribution < -0.4 is 9.47 Å². The Labute approximate surface area is 240 Å².